The van der Waals surface area contributed by atoms with Gasteiger partial charge >= 0.3 is 0 Å². The first-order valence-corrected chi connectivity index (χ1v) is 8.69. The van der Waals surface area contributed by atoms with Gasteiger partial charge in [-0.15, -0.1) is 0 Å². The minimum atomic E-state index is -2.91. The summed E-state index contributed by atoms with van der Waals surface area (Å²) in [4.78, 5) is 0. The van der Waals surface area contributed by atoms with Gasteiger partial charge in [-0.05, 0) is 38.0 Å². The van der Waals surface area contributed by atoms with E-state index in [4.69, 9.17) is 10.2 Å². The third-order valence-corrected chi connectivity index (χ3v) is 5.26. The second kappa shape index (κ2) is 5.97. The summed E-state index contributed by atoms with van der Waals surface area (Å²) in [6.07, 6.45) is 1.17. The van der Waals surface area contributed by atoms with Gasteiger partial charge in [0.05, 0.1) is 11.8 Å². The van der Waals surface area contributed by atoms with Crippen LogP contribution in [0.15, 0.2) is 28.7 Å². The van der Waals surface area contributed by atoms with Crippen LogP contribution in [0.1, 0.15) is 37.1 Å². The van der Waals surface area contributed by atoms with Crippen molar-refractivity contribution in [2.45, 2.75) is 32.7 Å². The quantitative estimate of drug-likeness (QED) is 0.889. The molecule has 0 aliphatic heterocycles. The molecule has 1 unspecified atom stereocenters. The zero-order chi connectivity index (χ0) is 14.8. The number of furan rings is 1. The van der Waals surface area contributed by atoms with E-state index in [-0.39, 0.29) is 17.5 Å². The molecular formula is C15H21NO3S. The lowest BCUT2D eigenvalue weighted by atomic mass is 10.1. The normalized spacial score (nSPS) is 13.8. The van der Waals surface area contributed by atoms with Gasteiger partial charge in [-0.3, -0.25) is 0 Å². The molecule has 110 valence electrons. The van der Waals surface area contributed by atoms with Crippen molar-refractivity contribution in [2.75, 3.05) is 11.5 Å². The largest absolute Gasteiger partial charge is 0.459 e. The molecule has 0 radical (unpaired) electrons. The summed E-state index contributed by atoms with van der Waals surface area (Å²) < 4.78 is 28.6. The Morgan fingerprint density at radius 2 is 2.05 bits per heavy atom. The number of benzene rings is 1. The standard InChI is InChI=1S/C15H21NO3S/c1-3-20(17,18)8-4-5-13(16)15-10-12-9-11(2)6-7-14(12)19-15/h6-7,9-10,13H,3-5,8,16H2,1-2H3. The highest BCUT2D eigenvalue weighted by Crippen LogP contribution is 2.26. The van der Waals surface area contributed by atoms with E-state index >= 15 is 0 Å². The van der Waals surface area contributed by atoms with E-state index in [1.165, 1.54) is 5.56 Å². The van der Waals surface area contributed by atoms with Crippen molar-refractivity contribution < 1.29 is 12.8 Å². The maximum atomic E-state index is 11.4. The second-order valence-corrected chi connectivity index (χ2v) is 7.65. The maximum Gasteiger partial charge on any atom is 0.150 e. The van der Waals surface area contributed by atoms with Crippen LogP contribution in [-0.4, -0.2) is 19.9 Å². The minimum absolute atomic E-state index is 0.187. The lowest BCUT2D eigenvalue weighted by Crippen LogP contribution is -2.13. The van der Waals surface area contributed by atoms with E-state index in [0.717, 1.165) is 16.7 Å². The Bertz CT molecular complexity index is 688. The van der Waals surface area contributed by atoms with Gasteiger partial charge < -0.3 is 10.2 Å². The number of sulfone groups is 1. The summed E-state index contributed by atoms with van der Waals surface area (Å²) in [5, 5.41) is 1.04. The van der Waals surface area contributed by atoms with Crippen LogP contribution >= 0.6 is 0 Å². The summed E-state index contributed by atoms with van der Waals surface area (Å²) in [7, 11) is -2.91. The Kier molecular flexibility index (Phi) is 4.50. The Labute approximate surface area is 119 Å². The Morgan fingerprint density at radius 3 is 2.75 bits per heavy atom. The van der Waals surface area contributed by atoms with E-state index < -0.39 is 9.84 Å². The third kappa shape index (κ3) is 3.61. The smallest absolute Gasteiger partial charge is 0.150 e. The number of rotatable bonds is 6. The molecule has 0 amide bonds. The Hall–Kier alpha value is -1.33. The van der Waals surface area contributed by atoms with E-state index in [9.17, 15) is 8.42 Å². The molecule has 1 aromatic heterocycles. The van der Waals surface area contributed by atoms with Gasteiger partial charge in [-0.25, -0.2) is 8.42 Å². The average molecular weight is 295 g/mol. The first-order chi connectivity index (χ1) is 9.41. The van der Waals surface area contributed by atoms with Crippen LogP contribution < -0.4 is 5.73 Å². The summed E-state index contributed by atoms with van der Waals surface area (Å²) in [5.41, 5.74) is 8.07. The molecule has 0 saturated carbocycles. The molecule has 1 atom stereocenters. The fraction of sp³-hybridized carbons (Fsp3) is 0.467. The van der Waals surface area contributed by atoms with Gasteiger partial charge in [0, 0.05) is 11.1 Å². The molecule has 0 fully saturated rings. The number of hydrogen-bond acceptors (Lipinski definition) is 4. The highest BCUT2D eigenvalue weighted by atomic mass is 32.2. The summed E-state index contributed by atoms with van der Waals surface area (Å²) in [6.45, 7) is 3.69. The van der Waals surface area contributed by atoms with Crippen LogP contribution in [0.5, 0.6) is 0 Å². The van der Waals surface area contributed by atoms with Crippen molar-refractivity contribution in [3.05, 3.63) is 35.6 Å². The van der Waals surface area contributed by atoms with E-state index in [0.29, 0.717) is 12.8 Å². The molecule has 4 nitrogen and oxygen atoms in total. The highest BCUT2D eigenvalue weighted by molar-refractivity contribution is 7.91. The predicted octanol–water partition coefficient (Wildman–Crippen LogP) is 2.96. The average Bonchev–Trinajstić information content (AvgIpc) is 2.81. The van der Waals surface area contributed by atoms with Crippen molar-refractivity contribution in [3.63, 3.8) is 0 Å². The Morgan fingerprint density at radius 1 is 1.30 bits per heavy atom. The SMILES string of the molecule is CCS(=O)(=O)CCCC(N)c1cc2cc(C)ccc2o1. The second-order valence-electron chi connectivity index (χ2n) is 5.18. The van der Waals surface area contributed by atoms with E-state index in [1.54, 1.807) is 6.92 Å². The van der Waals surface area contributed by atoms with Crippen molar-refractivity contribution in [2.24, 2.45) is 5.73 Å². The molecule has 0 aliphatic carbocycles. The van der Waals surface area contributed by atoms with E-state index in [2.05, 4.69) is 6.07 Å². The first kappa shape index (κ1) is 15.1. The predicted molar refractivity (Wildman–Crippen MR) is 81.4 cm³/mol. The zero-order valence-corrected chi connectivity index (χ0v) is 12.7. The third-order valence-electron chi connectivity index (χ3n) is 3.47. The molecule has 5 heteroatoms. The van der Waals surface area contributed by atoms with Crippen LogP contribution in [0, 0.1) is 6.92 Å². The van der Waals surface area contributed by atoms with E-state index in [1.807, 2.05) is 25.1 Å². The topological polar surface area (TPSA) is 73.3 Å². The summed E-state index contributed by atoms with van der Waals surface area (Å²) in [5.74, 6) is 1.10. The number of aryl methyl sites for hydroxylation is 1. The number of nitrogens with two attached hydrogens (primary N) is 1. The van der Waals surface area contributed by atoms with Gasteiger partial charge in [0.1, 0.15) is 21.2 Å². The first-order valence-electron chi connectivity index (χ1n) is 6.87. The number of fused-ring (bicyclic) bond motifs is 1. The molecule has 2 aromatic rings. The lowest BCUT2D eigenvalue weighted by molar-refractivity contribution is 0.474. The summed E-state index contributed by atoms with van der Waals surface area (Å²) >= 11 is 0. The molecule has 2 N–H and O–H groups in total. The molecule has 20 heavy (non-hydrogen) atoms. The van der Waals surface area contributed by atoms with Crippen molar-refractivity contribution in [3.8, 4) is 0 Å². The van der Waals surface area contributed by atoms with Crippen molar-refractivity contribution in [1.29, 1.82) is 0 Å². The van der Waals surface area contributed by atoms with Crippen LogP contribution in [0.4, 0.5) is 0 Å². The van der Waals surface area contributed by atoms with Crippen molar-refractivity contribution >= 4 is 20.8 Å². The molecule has 0 spiro atoms. The molecular weight excluding hydrogens is 274 g/mol. The van der Waals surface area contributed by atoms with Crippen LogP contribution in [0.2, 0.25) is 0 Å². The van der Waals surface area contributed by atoms with Crippen molar-refractivity contribution in [1.82, 2.24) is 0 Å². The molecule has 2 rings (SSSR count). The fourth-order valence-electron chi connectivity index (χ4n) is 2.18. The maximum absolute atomic E-state index is 11.4. The monoisotopic (exact) mass is 295 g/mol. The van der Waals surface area contributed by atoms with Crippen LogP contribution in [-0.2, 0) is 9.84 Å². The van der Waals surface area contributed by atoms with Crippen LogP contribution in [0.25, 0.3) is 11.0 Å². The van der Waals surface area contributed by atoms with Gasteiger partial charge in [-0.1, -0.05) is 18.6 Å². The molecule has 0 saturated heterocycles. The molecule has 0 aliphatic rings. The van der Waals surface area contributed by atoms with Gasteiger partial charge in [0.25, 0.3) is 0 Å². The Balaban J connectivity index is 2.02. The van der Waals surface area contributed by atoms with Gasteiger partial charge in [0.15, 0.2) is 0 Å². The highest BCUT2D eigenvalue weighted by Gasteiger charge is 2.14. The molecule has 1 aromatic carbocycles. The van der Waals surface area contributed by atoms with Crippen LogP contribution in [0.3, 0.4) is 0 Å². The van der Waals surface area contributed by atoms with Gasteiger partial charge in [0.2, 0.25) is 0 Å². The fourth-order valence-corrected chi connectivity index (χ4v) is 3.07. The molecule has 0 bridgehead atoms. The zero-order valence-electron chi connectivity index (χ0n) is 11.9. The number of hydrogen-bond donors (Lipinski definition) is 1. The summed E-state index contributed by atoms with van der Waals surface area (Å²) in [6, 6.07) is 7.67. The lowest BCUT2D eigenvalue weighted by Gasteiger charge is -2.08. The van der Waals surface area contributed by atoms with Gasteiger partial charge in [-0.2, -0.15) is 0 Å². The molecule has 1 heterocycles. The minimum Gasteiger partial charge on any atom is -0.459 e.